The summed E-state index contributed by atoms with van der Waals surface area (Å²) >= 11 is 0. The lowest BCUT2D eigenvalue weighted by molar-refractivity contribution is -0.154. The Kier molecular flexibility index (Phi) is 42.1. The monoisotopic (exact) mass is 701 g/mol. The molecule has 0 aliphatic carbocycles. The van der Waals surface area contributed by atoms with Gasteiger partial charge < -0.3 is 14.6 Å². The van der Waals surface area contributed by atoms with Crippen LogP contribution in [0.3, 0.4) is 0 Å². The predicted molar refractivity (Wildman–Crippen MR) is 219 cm³/mol. The minimum atomic E-state index is -0.543. The van der Waals surface area contributed by atoms with Crippen molar-refractivity contribution < 1.29 is 19.4 Å². The molecule has 0 rings (SSSR count). The Bertz CT molecular complexity index is 783. The van der Waals surface area contributed by atoms with Crippen LogP contribution in [0.2, 0.25) is 0 Å². The summed E-state index contributed by atoms with van der Waals surface area (Å²) in [5, 5.41) is 9.60. The van der Waals surface area contributed by atoms with Crippen LogP contribution >= 0.6 is 0 Å². The van der Waals surface area contributed by atoms with Gasteiger partial charge in [-0.25, -0.2) is 0 Å². The average molecular weight is 701 g/mol. The van der Waals surface area contributed by atoms with Crippen LogP contribution < -0.4 is 0 Å². The zero-order valence-electron chi connectivity index (χ0n) is 33.4. The van der Waals surface area contributed by atoms with Gasteiger partial charge in [-0.05, 0) is 51.4 Å². The first-order valence-corrected chi connectivity index (χ1v) is 21.7. The molecular formula is C46H84O4. The van der Waals surface area contributed by atoms with Crippen LogP contribution in [-0.4, -0.2) is 37.0 Å². The molecule has 0 heterocycles. The third kappa shape index (κ3) is 40.8. The molecule has 0 aromatic rings. The number of rotatable bonds is 40. The van der Waals surface area contributed by atoms with E-state index in [1.165, 1.54) is 135 Å². The molecule has 0 fully saturated rings. The van der Waals surface area contributed by atoms with Crippen LogP contribution in [0.15, 0.2) is 48.6 Å². The molecular weight excluding hydrogens is 617 g/mol. The van der Waals surface area contributed by atoms with Crippen LogP contribution in [-0.2, 0) is 14.3 Å². The molecule has 0 aliphatic heterocycles. The Morgan fingerprint density at radius 3 is 1.36 bits per heavy atom. The van der Waals surface area contributed by atoms with Gasteiger partial charge >= 0.3 is 5.97 Å². The first-order valence-electron chi connectivity index (χ1n) is 21.7. The summed E-state index contributed by atoms with van der Waals surface area (Å²) < 4.78 is 11.2. The summed E-state index contributed by atoms with van der Waals surface area (Å²) in [5.41, 5.74) is 0. The highest BCUT2D eigenvalue weighted by Crippen LogP contribution is 2.15. The summed E-state index contributed by atoms with van der Waals surface area (Å²) in [4.78, 5) is 12.2. The summed E-state index contributed by atoms with van der Waals surface area (Å²) in [5.74, 6) is -0.205. The third-order valence-electron chi connectivity index (χ3n) is 9.42. The molecule has 0 amide bonds. The normalized spacial score (nSPS) is 12.8. The molecule has 4 heteroatoms. The molecule has 0 aliphatic rings. The predicted octanol–water partition coefficient (Wildman–Crippen LogP) is 14.3. The fourth-order valence-electron chi connectivity index (χ4n) is 6.20. The van der Waals surface area contributed by atoms with Crippen molar-refractivity contribution in [1.29, 1.82) is 0 Å². The van der Waals surface area contributed by atoms with E-state index in [9.17, 15) is 9.90 Å². The molecule has 292 valence electrons. The molecule has 0 aromatic carbocycles. The number of carbonyl (C=O) groups excluding carboxylic acids is 1. The van der Waals surface area contributed by atoms with Crippen LogP contribution in [0.1, 0.15) is 213 Å². The fraction of sp³-hybridized carbons (Fsp3) is 0.804. The molecule has 0 bridgehead atoms. The zero-order chi connectivity index (χ0) is 36.3. The van der Waals surface area contributed by atoms with Gasteiger partial charge in [-0.1, -0.05) is 204 Å². The highest BCUT2D eigenvalue weighted by atomic mass is 16.6. The van der Waals surface area contributed by atoms with Crippen LogP contribution in [0.25, 0.3) is 0 Å². The number of aliphatic hydroxyl groups excluding tert-OH is 1. The van der Waals surface area contributed by atoms with Gasteiger partial charge in [0.1, 0.15) is 6.10 Å². The summed E-state index contributed by atoms with van der Waals surface area (Å²) in [6.45, 7) is 5.22. The quantitative estimate of drug-likeness (QED) is 0.0393. The molecule has 0 saturated carbocycles. The van der Waals surface area contributed by atoms with Gasteiger partial charge in [0.25, 0.3) is 0 Å². The first kappa shape index (κ1) is 48.3. The molecule has 1 unspecified atom stereocenters. The van der Waals surface area contributed by atoms with E-state index in [0.717, 1.165) is 57.8 Å². The van der Waals surface area contributed by atoms with E-state index >= 15 is 0 Å². The van der Waals surface area contributed by atoms with Crippen LogP contribution in [0.5, 0.6) is 0 Å². The molecule has 50 heavy (non-hydrogen) atoms. The number of ether oxygens (including phenoxy) is 2. The number of carbonyl (C=O) groups is 1. The highest BCUT2D eigenvalue weighted by molar-refractivity contribution is 5.69. The topological polar surface area (TPSA) is 55.8 Å². The zero-order valence-corrected chi connectivity index (χ0v) is 33.4. The number of aliphatic hydroxyl groups is 1. The van der Waals surface area contributed by atoms with Gasteiger partial charge in [0.15, 0.2) is 0 Å². The second-order valence-electron chi connectivity index (χ2n) is 14.4. The Balaban J connectivity index is 3.44. The van der Waals surface area contributed by atoms with Crippen molar-refractivity contribution in [3.63, 3.8) is 0 Å². The fourth-order valence-corrected chi connectivity index (χ4v) is 6.20. The number of hydrogen-bond donors (Lipinski definition) is 1. The van der Waals surface area contributed by atoms with E-state index in [2.05, 4.69) is 62.5 Å². The van der Waals surface area contributed by atoms with Crippen molar-refractivity contribution in [3.8, 4) is 0 Å². The Hall–Kier alpha value is -1.65. The number of unbranched alkanes of at least 4 members (excludes halogenated alkanes) is 24. The van der Waals surface area contributed by atoms with Crippen molar-refractivity contribution in [3.05, 3.63) is 48.6 Å². The van der Waals surface area contributed by atoms with E-state index in [4.69, 9.17) is 9.47 Å². The number of allylic oxidation sites excluding steroid dienone is 8. The number of esters is 1. The molecule has 1 N–H and O–H groups in total. The van der Waals surface area contributed by atoms with E-state index in [1.807, 2.05) is 0 Å². The SMILES string of the molecule is CC/C=C\C/C=C\C/C=C\C/C=C\CCCCCCCOCC(CO)OC(=O)CCCCCCCCCCCCCCCCCCCCCC. The Morgan fingerprint density at radius 2 is 0.900 bits per heavy atom. The van der Waals surface area contributed by atoms with Gasteiger partial charge in [0.2, 0.25) is 0 Å². The van der Waals surface area contributed by atoms with Crippen LogP contribution in [0.4, 0.5) is 0 Å². The molecule has 0 saturated heterocycles. The smallest absolute Gasteiger partial charge is 0.306 e. The maximum atomic E-state index is 12.2. The maximum absolute atomic E-state index is 12.2. The van der Waals surface area contributed by atoms with Crippen molar-refractivity contribution >= 4 is 5.97 Å². The van der Waals surface area contributed by atoms with Gasteiger partial charge in [-0.2, -0.15) is 0 Å². The first-order chi connectivity index (χ1) is 24.7. The van der Waals surface area contributed by atoms with Crippen molar-refractivity contribution in [2.75, 3.05) is 19.8 Å². The second kappa shape index (κ2) is 43.5. The van der Waals surface area contributed by atoms with Crippen molar-refractivity contribution in [2.24, 2.45) is 0 Å². The van der Waals surface area contributed by atoms with Gasteiger partial charge in [0.05, 0.1) is 13.2 Å². The lowest BCUT2D eigenvalue weighted by Crippen LogP contribution is -2.27. The number of hydrogen-bond acceptors (Lipinski definition) is 4. The van der Waals surface area contributed by atoms with E-state index in [0.29, 0.717) is 13.0 Å². The maximum Gasteiger partial charge on any atom is 0.306 e. The molecule has 1 atom stereocenters. The molecule has 0 spiro atoms. The lowest BCUT2D eigenvalue weighted by Gasteiger charge is -2.15. The van der Waals surface area contributed by atoms with Gasteiger partial charge in [0, 0.05) is 13.0 Å². The molecule has 0 aromatic heterocycles. The van der Waals surface area contributed by atoms with Crippen LogP contribution in [0, 0.1) is 0 Å². The summed E-state index contributed by atoms with van der Waals surface area (Å²) in [6, 6.07) is 0. The van der Waals surface area contributed by atoms with Gasteiger partial charge in [-0.15, -0.1) is 0 Å². The summed E-state index contributed by atoms with van der Waals surface area (Å²) in [6.07, 6.45) is 56.0. The van der Waals surface area contributed by atoms with E-state index in [1.54, 1.807) is 0 Å². The second-order valence-corrected chi connectivity index (χ2v) is 14.4. The average Bonchev–Trinajstić information content (AvgIpc) is 3.12. The standard InChI is InChI=1S/C46H84O4/c1-3-5-7-9-11-13-15-17-19-21-23-24-25-27-29-31-33-35-37-39-41-46(48)50-45(43-47)44-49-42-40-38-36-34-32-30-28-26-22-20-18-16-14-12-10-8-6-4-2/h6,8,12,14,18,20,26,28,45,47H,3-5,7,9-11,13,15-17,19,21-25,27,29-44H2,1-2H3/b8-6-,14-12-,20-18-,28-26-. The third-order valence-corrected chi connectivity index (χ3v) is 9.42. The largest absolute Gasteiger partial charge is 0.457 e. The Labute approximate surface area is 312 Å². The lowest BCUT2D eigenvalue weighted by atomic mass is 10.0. The highest BCUT2D eigenvalue weighted by Gasteiger charge is 2.13. The summed E-state index contributed by atoms with van der Waals surface area (Å²) in [7, 11) is 0. The minimum absolute atomic E-state index is 0.178. The van der Waals surface area contributed by atoms with Crippen molar-refractivity contribution in [2.45, 2.75) is 219 Å². The Morgan fingerprint density at radius 1 is 0.500 bits per heavy atom. The minimum Gasteiger partial charge on any atom is -0.457 e. The molecule has 0 radical (unpaired) electrons. The van der Waals surface area contributed by atoms with E-state index in [-0.39, 0.29) is 19.2 Å². The van der Waals surface area contributed by atoms with Gasteiger partial charge in [-0.3, -0.25) is 4.79 Å². The van der Waals surface area contributed by atoms with Crippen molar-refractivity contribution in [1.82, 2.24) is 0 Å². The van der Waals surface area contributed by atoms with E-state index < -0.39 is 6.10 Å². The molecule has 4 nitrogen and oxygen atoms in total.